The average molecular weight is 338 g/mol. The summed E-state index contributed by atoms with van der Waals surface area (Å²) in [5.41, 5.74) is 7.20. The van der Waals surface area contributed by atoms with Gasteiger partial charge in [0.2, 0.25) is 0 Å². The standard InChI is InChI=1S/C16H22N2O6/c1-11(2)9-22-13-5-3-12(4-6-13)10-23-14(19)7-8-15(20)24-18-16(17)21/h3-6,11H,7-10H2,1-2H3,(H3,17,18,21). The lowest BCUT2D eigenvalue weighted by molar-refractivity contribution is -0.153. The largest absolute Gasteiger partial charge is 0.493 e. The van der Waals surface area contributed by atoms with Gasteiger partial charge in [-0.2, -0.15) is 5.48 Å². The number of hydrogen-bond donors (Lipinski definition) is 2. The lowest BCUT2D eigenvalue weighted by Gasteiger charge is -2.09. The molecule has 0 radical (unpaired) electrons. The second-order valence-corrected chi connectivity index (χ2v) is 5.45. The molecule has 2 amide bonds. The van der Waals surface area contributed by atoms with Gasteiger partial charge >= 0.3 is 18.0 Å². The molecule has 132 valence electrons. The Morgan fingerprint density at radius 2 is 1.71 bits per heavy atom. The molecule has 3 N–H and O–H groups in total. The predicted octanol–water partition coefficient (Wildman–Crippen LogP) is 1.67. The summed E-state index contributed by atoms with van der Waals surface area (Å²) in [7, 11) is 0. The Balaban J connectivity index is 2.26. The average Bonchev–Trinajstić information content (AvgIpc) is 2.55. The molecular formula is C16H22N2O6. The number of rotatable bonds is 8. The molecule has 0 unspecified atom stereocenters. The number of ether oxygens (including phenoxy) is 2. The van der Waals surface area contributed by atoms with Crippen LogP contribution in [-0.2, 0) is 25.8 Å². The van der Waals surface area contributed by atoms with E-state index in [9.17, 15) is 14.4 Å². The highest BCUT2D eigenvalue weighted by Gasteiger charge is 2.10. The Morgan fingerprint density at radius 1 is 1.08 bits per heavy atom. The monoisotopic (exact) mass is 338 g/mol. The summed E-state index contributed by atoms with van der Waals surface area (Å²) in [5, 5.41) is 0. The zero-order valence-corrected chi connectivity index (χ0v) is 13.7. The van der Waals surface area contributed by atoms with Crippen LogP contribution in [0, 0.1) is 5.92 Å². The highest BCUT2D eigenvalue weighted by molar-refractivity contribution is 5.79. The third-order valence-corrected chi connectivity index (χ3v) is 2.71. The number of amides is 2. The van der Waals surface area contributed by atoms with Crippen LogP contribution in [0.4, 0.5) is 4.79 Å². The van der Waals surface area contributed by atoms with Crippen molar-refractivity contribution >= 4 is 18.0 Å². The highest BCUT2D eigenvalue weighted by Crippen LogP contribution is 2.14. The van der Waals surface area contributed by atoms with Crippen molar-refractivity contribution < 1.29 is 28.7 Å². The maximum atomic E-state index is 11.5. The molecule has 0 saturated heterocycles. The first-order valence-electron chi connectivity index (χ1n) is 7.49. The predicted molar refractivity (Wildman–Crippen MR) is 84.6 cm³/mol. The smallest absolute Gasteiger partial charge is 0.345 e. The van der Waals surface area contributed by atoms with Crippen molar-refractivity contribution in [2.45, 2.75) is 33.3 Å². The second-order valence-electron chi connectivity index (χ2n) is 5.45. The normalized spacial score (nSPS) is 10.1. The van der Waals surface area contributed by atoms with Crippen molar-refractivity contribution in [3.8, 4) is 5.75 Å². The Bertz CT molecular complexity index is 556. The summed E-state index contributed by atoms with van der Waals surface area (Å²) in [5.74, 6) is -0.137. The van der Waals surface area contributed by atoms with Crippen molar-refractivity contribution in [3.63, 3.8) is 0 Å². The van der Waals surface area contributed by atoms with Crippen molar-refractivity contribution in [1.29, 1.82) is 0 Å². The summed E-state index contributed by atoms with van der Waals surface area (Å²) in [6, 6.07) is 6.21. The zero-order chi connectivity index (χ0) is 17.9. The number of carbonyl (C=O) groups excluding carboxylic acids is 3. The van der Waals surface area contributed by atoms with Gasteiger partial charge in [-0.1, -0.05) is 26.0 Å². The minimum atomic E-state index is -0.994. The molecule has 0 aliphatic carbocycles. The van der Waals surface area contributed by atoms with Crippen LogP contribution >= 0.6 is 0 Å². The molecule has 0 fully saturated rings. The molecule has 1 aromatic carbocycles. The van der Waals surface area contributed by atoms with E-state index in [0.29, 0.717) is 12.5 Å². The molecule has 0 aliphatic heterocycles. The molecule has 8 heteroatoms. The van der Waals surface area contributed by atoms with Crippen LogP contribution in [0.2, 0.25) is 0 Å². The van der Waals surface area contributed by atoms with E-state index in [0.717, 1.165) is 11.3 Å². The van der Waals surface area contributed by atoms with E-state index in [1.165, 1.54) is 0 Å². The van der Waals surface area contributed by atoms with E-state index in [2.05, 4.69) is 18.7 Å². The minimum absolute atomic E-state index is 0.0951. The van der Waals surface area contributed by atoms with Gasteiger partial charge in [0.1, 0.15) is 12.4 Å². The number of urea groups is 1. The van der Waals surface area contributed by atoms with Gasteiger partial charge in [-0.15, -0.1) is 0 Å². The molecular weight excluding hydrogens is 316 g/mol. The van der Waals surface area contributed by atoms with E-state index in [1.807, 2.05) is 0 Å². The molecule has 0 spiro atoms. The maximum Gasteiger partial charge on any atom is 0.345 e. The number of carbonyl (C=O) groups is 3. The van der Waals surface area contributed by atoms with E-state index in [4.69, 9.17) is 15.2 Å². The van der Waals surface area contributed by atoms with Gasteiger partial charge in [0.15, 0.2) is 0 Å². The number of hydroxylamine groups is 1. The highest BCUT2D eigenvalue weighted by atomic mass is 16.7. The molecule has 0 aromatic heterocycles. The Kier molecular flexibility index (Phi) is 8.10. The van der Waals surface area contributed by atoms with E-state index in [-0.39, 0.29) is 19.4 Å². The number of primary amides is 1. The first kappa shape index (κ1) is 19.3. The van der Waals surface area contributed by atoms with Crippen LogP contribution in [-0.4, -0.2) is 24.6 Å². The third-order valence-electron chi connectivity index (χ3n) is 2.71. The van der Waals surface area contributed by atoms with Crippen LogP contribution in [0.3, 0.4) is 0 Å². The maximum absolute atomic E-state index is 11.5. The summed E-state index contributed by atoms with van der Waals surface area (Å²) in [4.78, 5) is 37.3. The van der Waals surface area contributed by atoms with Crippen LogP contribution in [0.15, 0.2) is 24.3 Å². The molecule has 0 heterocycles. The number of hydrogen-bond acceptors (Lipinski definition) is 6. The quantitative estimate of drug-likeness (QED) is 0.550. The number of benzene rings is 1. The number of esters is 1. The van der Waals surface area contributed by atoms with Gasteiger partial charge in [-0.3, -0.25) is 4.79 Å². The molecule has 1 rings (SSSR count). The fraction of sp³-hybridized carbons (Fsp3) is 0.438. The summed E-state index contributed by atoms with van der Waals surface area (Å²) >= 11 is 0. The molecule has 0 atom stereocenters. The van der Waals surface area contributed by atoms with Gasteiger partial charge < -0.3 is 20.0 Å². The molecule has 0 saturated carbocycles. The minimum Gasteiger partial charge on any atom is -0.493 e. The molecule has 0 aliphatic rings. The SMILES string of the molecule is CC(C)COc1ccc(COC(=O)CCC(=O)ONC(N)=O)cc1. The fourth-order valence-electron chi connectivity index (χ4n) is 1.54. The number of nitrogens with one attached hydrogen (secondary N) is 1. The van der Waals surface area contributed by atoms with Gasteiger partial charge in [0.25, 0.3) is 0 Å². The van der Waals surface area contributed by atoms with Crippen molar-refractivity contribution in [1.82, 2.24) is 5.48 Å². The Morgan fingerprint density at radius 3 is 2.29 bits per heavy atom. The van der Waals surface area contributed by atoms with E-state index >= 15 is 0 Å². The summed E-state index contributed by atoms with van der Waals surface area (Å²) in [6.45, 7) is 4.86. The van der Waals surface area contributed by atoms with Crippen LogP contribution < -0.4 is 16.0 Å². The van der Waals surface area contributed by atoms with Gasteiger partial charge in [-0.25, -0.2) is 9.59 Å². The zero-order valence-electron chi connectivity index (χ0n) is 13.7. The lowest BCUT2D eigenvalue weighted by atomic mass is 10.2. The van der Waals surface area contributed by atoms with Crippen molar-refractivity contribution in [3.05, 3.63) is 29.8 Å². The second kappa shape index (κ2) is 10.1. The van der Waals surface area contributed by atoms with Crippen LogP contribution in [0.1, 0.15) is 32.3 Å². The van der Waals surface area contributed by atoms with Crippen molar-refractivity contribution in [2.75, 3.05) is 6.61 Å². The first-order valence-corrected chi connectivity index (χ1v) is 7.49. The first-order chi connectivity index (χ1) is 11.4. The van der Waals surface area contributed by atoms with Gasteiger partial charge in [0, 0.05) is 0 Å². The molecule has 0 bridgehead atoms. The van der Waals surface area contributed by atoms with Gasteiger partial charge in [-0.05, 0) is 23.6 Å². The van der Waals surface area contributed by atoms with Gasteiger partial charge in [0.05, 0.1) is 19.4 Å². The molecule has 8 nitrogen and oxygen atoms in total. The topological polar surface area (TPSA) is 117 Å². The number of nitrogens with two attached hydrogens (primary N) is 1. The van der Waals surface area contributed by atoms with Crippen LogP contribution in [0.5, 0.6) is 5.75 Å². The van der Waals surface area contributed by atoms with Crippen LogP contribution in [0.25, 0.3) is 0 Å². The third kappa shape index (κ3) is 8.62. The fourth-order valence-corrected chi connectivity index (χ4v) is 1.54. The van der Waals surface area contributed by atoms with Crippen molar-refractivity contribution in [2.24, 2.45) is 11.7 Å². The Hall–Kier alpha value is -2.77. The van der Waals surface area contributed by atoms with E-state index < -0.39 is 18.0 Å². The summed E-state index contributed by atoms with van der Waals surface area (Å²) in [6.07, 6.45) is -0.379. The molecule has 1 aromatic rings. The van der Waals surface area contributed by atoms with E-state index in [1.54, 1.807) is 29.7 Å². The lowest BCUT2D eigenvalue weighted by Crippen LogP contribution is -2.31. The molecule has 24 heavy (non-hydrogen) atoms. The summed E-state index contributed by atoms with van der Waals surface area (Å²) < 4.78 is 10.6. The Labute approximate surface area is 140 Å².